The number of carboxylic acid groups (broad SMARTS) is 1. The Labute approximate surface area is 115 Å². The van der Waals surface area contributed by atoms with Gasteiger partial charge in [0, 0.05) is 21.9 Å². The van der Waals surface area contributed by atoms with Gasteiger partial charge in [0.15, 0.2) is 0 Å². The van der Waals surface area contributed by atoms with Crippen LogP contribution in [0.4, 0.5) is 0 Å². The number of halogens is 1. The molecule has 0 saturated carbocycles. The smallest absolute Gasteiger partial charge is 0.328 e. The lowest BCUT2D eigenvalue weighted by Gasteiger charge is -1.97. The van der Waals surface area contributed by atoms with Crippen LogP contribution in [0.15, 0.2) is 21.7 Å². The average Bonchev–Trinajstić information content (AvgIpc) is 2.73. The minimum Gasteiger partial charge on any atom is -0.478 e. The summed E-state index contributed by atoms with van der Waals surface area (Å²) in [5.74, 6) is -1.12. The zero-order chi connectivity index (χ0) is 14.4. The normalized spacial score (nSPS) is 12.8. The third-order valence-corrected chi connectivity index (χ3v) is 3.33. The van der Waals surface area contributed by atoms with E-state index in [0.717, 1.165) is 6.08 Å². The standard InChI is InChI=1S/C13H7ClN2O4/c14-7-2-1-5(3-9(17)18)10-6(7)4-8-11(10)16-13(20)12(19)15-8/h1-4H,(H,15,19)(H,16,20)(H,17,18). The molecule has 2 aromatic rings. The molecule has 100 valence electrons. The van der Waals surface area contributed by atoms with Gasteiger partial charge in [-0.1, -0.05) is 17.7 Å². The number of hydrogen-bond donors (Lipinski definition) is 3. The summed E-state index contributed by atoms with van der Waals surface area (Å²) in [6.07, 6.45) is 2.62. The van der Waals surface area contributed by atoms with E-state index in [9.17, 15) is 14.4 Å². The number of aromatic nitrogens is 2. The van der Waals surface area contributed by atoms with Gasteiger partial charge in [0.2, 0.25) is 0 Å². The third-order valence-electron chi connectivity index (χ3n) is 3.00. The van der Waals surface area contributed by atoms with Crippen LogP contribution >= 0.6 is 11.6 Å². The molecular weight excluding hydrogens is 284 g/mol. The molecule has 6 nitrogen and oxygen atoms in total. The summed E-state index contributed by atoms with van der Waals surface area (Å²) in [5, 5.41) is 10.9. The van der Waals surface area contributed by atoms with Crippen molar-refractivity contribution in [1.82, 2.24) is 9.97 Å². The SMILES string of the molecule is O=C(O)C=c1ccc(Cl)c2c1=c1[nH]c(=O)c(=O)[nH]c1=C2. The van der Waals surface area contributed by atoms with Crippen LogP contribution in [-0.4, -0.2) is 21.0 Å². The quantitative estimate of drug-likeness (QED) is 0.501. The fourth-order valence-corrected chi connectivity index (χ4v) is 2.43. The van der Waals surface area contributed by atoms with Crippen molar-refractivity contribution in [2.45, 2.75) is 0 Å². The van der Waals surface area contributed by atoms with Crippen LogP contribution in [0.25, 0.3) is 12.2 Å². The third kappa shape index (κ3) is 1.78. The van der Waals surface area contributed by atoms with E-state index in [2.05, 4.69) is 9.97 Å². The molecule has 0 amide bonds. The number of hydrogen-bond acceptors (Lipinski definition) is 3. The van der Waals surface area contributed by atoms with E-state index in [1.54, 1.807) is 18.2 Å². The fraction of sp³-hybridized carbons (Fsp3) is 0. The Bertz CT molecular complexity index is 1080. The van der Waals surface area contributed by atoms with Crippen LogP contribution in [0.5, 0.6) is 0 Å². The molecule has 20 heavy (non-hydrogen) atoms. The molecule has 1 aliphatic rings. The van der Waals surface area contributed by atoms with Crippen molar-refractivity contribution in [2.24, 2.45) is 0 Å². The highest BCUT2D eigenvalue weighted by Gasteiger charge is 2.10. The lowest BCUT2D eigenvalue weighted by molar-refractivity contribution is -0.129. The van der Waals surface area contributed by atoms with Crippen molar-refractivity contribution < 1.29 is 9.90 Å². The summed E-state index contributed by atoms with van der Waals surface area (Å²) < 4.78 is 0. The van der Waals surface area contributed by atoms with Gasteiger partial charge < -0.3 is 15.1 Å². The summed E-state index contributed by atoms with van der Waals surface area (Å²) in [4.78, 5) is 38.5. The van der Waals surface area contributed by atoms with Crippen molar-refractivity contribution in [1.29, 1.82) is 0 Å². The van der Waals surface area contributed by atoms with Crippen molar-refractivity contribution in [2.75, 3.05) is 0 Å². The van der Waals surface area contributed by atoms with Crippen LogP contribution in [-0.2, 0) is 4.79 Å². The molecule has 0 spiro atoms. The van der Waals surface area contributed by atoms with E-state index in [-0.39, 0.29) is 0 Å². The molecule has 0 fully saturated rings. The van der Waals surface area contributed by atoms with Gasteiger partial charge in [-0.15, -0.1) is 0 Å². The summed E-state index contributed by atoms with van der Waals surface area (Å²) in [6.45, 7) is 0. The van der Waals surface area contributed by atoms with Gasteiger partial charge in [-0.05, 0) is 17.4 Å². The molecule has 0 aliphatic heterocycles. The predicted octanol–water partition coefficient (Wildman–Crippen LogP) is -0.989. The summed E-state index contributed by atoms with van der Waals surface area (Å²) in [7, 11) is 0. The highest BCUT2D eigenvalue weighted by Crippen LogP contribution is 2.17. The number of H-pyrrole nitrogens is 2. The first-order valence-electron chi connectivity index (χ1n) is 5.59. The largest absolute Gasteiger partial charge is 0.478 e. The maximum Gasteiger partial charge on any atom is 0.328 e. The number of carbonyl (C=O) groups is 1. The van der Waals surface area contributed by atoms with Crippen LogP contribution in [0.1, 0.15) is 5.56 Å². The van der Waals surface area contributed by atoms with Gasteiger partial charge in [0.1, 0.15) is 0 Å². The molecule has 1 aromatic carbocycles. The average molecular weight is 291 g/mol. The Morgan fingerprint density at radius 1 is 1.20 bits per heavy atom. The maximum atomic E-state index is 11.4. The molecule has 0 radical (unpaired) electrons. The molecule has 0 atom stereocenters. The second kappa shape index (κ2) is 4.21. The van der Waals surface area contributed by atoms with E-state index >= 15 is 0 Å². The Morgan fingerprint density at radius 2 is 1.90 bits per heavy atom. The Balaban J connectivity index is 2.71. The molecule has 3 rings (SSSR count). The van der Waals surface area contributed by atoms with Gasteiger partial charge in [0.05, 0.1) is 10.7 Å². The molecular formula is C13H7ClN2O4. The first-order chi connectivity index (χ1) is 9.47. The van der Waals surface area contributed by atoms with Crippen LogP contribution in [0, 0.1) is 10.6 Å². The van der Waals surface area contributed by atoms with E-state index in [1.165, 1.54) is 0 Å². The zero-order valence-corrected chi connectivity index (χ0v) is 10.6. The van der Waals surface area contributed by atoms with Crippen LogP contribution in [0.2, 0.25) is 5.02 Å². The summed E-state index contributed by atoms with van der Waals surface area (Å²) in [5.41, 5.74) is -1.01. The van der Waals surface area contributed by atoms with Crippen molar-refractivity contribution in [3.8, 4) is 0 Å². The molecule has 7 heteroatoms. The van der Waals surface area contributed by atoms with E-state index in [4.69, 9.17) is 16.7 Å². The Kier molecular flexibility index (Phi) is 2.62. The minimum atomic E-state index is -1.12. The number of fused-ring (bicyclic) bond motifs is 2. The number of carboxylic acids is 1. The van der Waals surface area contributed by atoms with Gasteiger partial charge in [-0.2, -0.15) is 0 Å². The number of aliphatic carboxylic acids is 1. The molecule has 3 N–H and O–H groups in total. The second-order valence-corrected chi connectivity index (χ2v) is 4.66. The number of rotatable bonds is 1. The van der Waals surface area contributed by atoms with E-state index in [0.29, 0.717) is 31.7 Å². The fourth-order valence-electron chi connectivity index (χ4n) is 2.21. The molecule has 1 aromatic heterocycles. The van der Waals surface area contributed by atoms with Crippen LogP contribution < -0.4 is 21.7 Å². The monoisotopic (exact) mass is 290 g/mol. The van der Waals surface area contributed by atoms with Crippen molar-refractivity contribution >= 4 is 29.7 Å². The molecule has 0 unspecified atom stereocenters. The van der Waals surface area contributed by atoms with E-state index < -0.39 is 17.1 Å². The van der Waals surface area contributed by atoms with Crippen LogP contribution in [0.3, 0.4) is 0 Å². The van der Waals surface area contributed by atoms with Gasteiger partial charge in [-0.3, -0.25) is 9.59 Å². The van der Waals surface area contributed by atoms with Crippen molar-refractivity contribution in [3.63, 3.8) is 0 Å². The zero-order valence-electron chi connectivity index (χ0n) is 9.86. The molecule has 1 heterocycles. The van der Waals surface area contributed by atoms with Gasteiger partial charge in [-0.25, -0.2) is 4.79 Å². The molecule has 0 bridgehead atoms. The van der Waals surface area contributed by atoms with E-state index in [1.807, 2.05) is 0 Å². The topological polar surface area (TPSA) is 103 Å². The Morgan fingerprint density at radius 3 is 2.60 bits per heavy atom. The van der Waals surface area contributed by atoms with Crippen molar-refractivity contribution in [3.05, 3.63) is 64.6 Å². The van der Waals surface area contributed by atoms with Gasteiger partial charge >= 0.3 is 17.1 Å². The minimum absolute atomic E-state index is 0.361. The lowest BCUT2D eigenvalue weighted by Crippen LogP contribution is -2.36. The molecule has 0 saturated heterocycles. The number of benzene rings is 1. The summed E-state index contributed by atoms with van der Waals surface area (Å²) >= 11 is 6.07. The highest BCUT2D eigenvalue weighted by molar-refractivity contribution is 6.32. The molecule has 1 aliphatic carbocycles. The predicted molar refractivity (Wildman–Crippen MR) is 71.7 cm³/mol. The second-order valence-electron chi connectivity index (χ2n) is 4.25. The summed E-state index contributed by atoms with van der Waals surface area (Å²) in [6, 6.07) is 3.11. The lowest BCUT2D eigenvalue weighted by atomic mass is 10.1. The Hall–Kier alpha value is -2.60. The maximum absolute atomic E-state index is 11.4. The van der Waals surface area contributed by atoms with Gasteiger partial charge in [0.25, 0.3) is 0 Å². The number of nitrogens with one attached hydrogen (secondary N) is 2. The first kappa shape index (κ1) is 12.4. The first-order valence-corrected chi connectivity index (χ1v) is 5.97. The highest BCUT2D eigenvalue weighted by atomic mass is 35.5. The number of aromatic amines is 2.